The van der Waals surface area contributed by atoms with Gasteiger partial charge >= 0.3 is 0 Å². The van der Waals surface area contributed by atoms with Gasteiger partial charge in [-0.05, 0) is 41.7 Å². The highest BCUT2D eigenvalue weighted by Crippen LogP contribution is 2.27. The number of rotatable bonds is 4. The van der Waals surface area contributed by atoms with Crippen molar-refractivity contribution >= 4 is 27.5 Å². The van der Waals surface area contributed by atoms with Gasteiger partial charge in [0.1, 0.15) is 11.6 Å². The lowest BCUT2D eigenvalue weighted by molar-refractivity contribution is 0.598. The third kappa shape index (κ3) is 3.54. The average Bonchev–Trinajstić information content (AvgIpc) is 2.42. The van der Waals surface area contributed by atoms with E-state index in [1.165, 1.54) is 18.2 Å². The van der Waals surface area contributed by atoms with Gasteiger partial charge < -0.3 is 0 Å². The normalized spacial score (nSPS) is 12.4. The van der Waals surface area contributed by atoms with Gasteiger partial charge in [-0.15, -0.1) is 0 Å². The van der Waals surface area contributed by atoms with Crippen LogP contribution in [0.4, 0.5) is 8.78 Å². The molecule has 0 amide bonds. The van der Waals surface area contributed by atoms with E-state index in [2.05, 4.69) is 15.9 Å². The maximum Gasteiger partial charge on any atom is 0.144 e. The van der Waals surface area contributed by atoms with Crippen molar-refractivity contribution in [1.82, 2.24) is 0 Å². The molecule has 0 N–H and O–H groups in total. The van der Waals surface area contributed by atoms with Crippen LogP contribution < -0.4 is 0 Å². The van der Waals surface area contributed by atoms with Crippen molar-refractivity contribution < 1.29 is 8.78 Å². The molecule has 1 unspecified atom stereocenters. The first-order valence-corrected chi connectivity index (χ1v) is 7.36. The molecule has 0 aromatic heterocycles. The molecule has 0 heterocycles. The molecular weight excluding hydrogens is 334 g/mol. The lowest BCUT2D eigenvalue weighted by atomic mass is 9.93. The molecule has 2 rings (SSSR count). The molecule has 19 heavy (non-hydrogen) atoms. The first-order valence-electron chi connectivity index (χ1n) is 5.86. The SMILES string of the molecule is Fc1ccc(C(CBr)Cc2cccc(Cl)c2F)cc1. The molecule has 2 aromatic carbocycles. The maximum absolute atomic E-state index is 13.9. The molecule has 100 valence electrons. The van der Waals surface area contributed by atoms with Gasteiger partial charge in [0.2, 0.25) is 0 Å². The van der Waals surface area contributed by atoms with E-state index in [0.29, 0.717) is 17.3 Å². The molecule has 0 nitrogen and oxygen atoms in total. The molecular formula is C15H12BrClF2. The van der Waals surface area contributed by atoms with E-state index in [0.717, 1.165) is 5.56 Å². The minimum Gasteiger partial charge on any atom is -0.207 e. The largest absolute Gasteiger partial charge is 0.207 e. The second kappa shape index (κ2) is 6.49. The predicted molar refractivity (Wildman–Crippen MR) is 78.0 cm³/mol. The van der Waals surface area contributed by atoms with Crippen LogP contribution >= 0.6 is 27.5 Å². The lowest BCUT2D eigenvalue weighted by Gasteiger charge is -2.15. The summed E-state index contributed by atoms with van der Waals surface area (Å²) in [5, 5.41) is 0.801. The summed E-state index contributed by atoms with van der Waals surface area (Å²) in [4.78, 5) is 0. The molecule has 1 atom stereocenters. The zero-order valence-corrected chi connectivity index (χ0v) is 12.4. The van der Waals surface area contributed by atoms with Crippen molar-refractivity contribution in [1.29, 1.82) is 0 Å². The smallest absolute Gasteiger partial charge is 0.144 e. The van der Waals surface area contributed by atoms with Crippen LogP contribution in [0.25, 0.3) is 0 Å². The van der Waals surface area contributed by atoms with E-state index in [1.54, 1.807) is 24.3 Å². The Kier molecular flexibility index (Phi) is 4.94. The van der Waals surface area contributed by atoms with Gasteiger partial charge in [-0.3, -0.25) is 0 Å². The predicted octanol–water partition coefficient (Wildman–Crippen LogP) is 5.34. The molecule has 0 saturated heterocycles. The number of halogens is 4. The van der Waals surface area contributed by atoms with Crippen LogP contribution in [-0.4, -0.2) is 5.33 Å². The molecule has 0 spiro atoms. The molecule has 0 radical (unpaired) electrons. The second-order valence-corrected chi connectivity index (χ2v) is 5.37. The van der Waals surface area contributed by atoms with Crippen molar-refractivity contribution in [2.75, 3.05) is 5.33 Å². The molecule has 2 aromatic rings. The van der Waals surface area contributed by atoms with Crippen LogP contribution in [0.1, 0.15) is 17.0 Å². The number of hydrogen-bond donors (Lipinski definition) is 0. The molecule has 0 fully saturated rings. The van der Waals surface area contributed by atoms with Gasteiger partial charge in [0.05, 0.1) is 5.02 Å². The van der Waals surface area contributed by atoms with E-state index in [-0.39, 0.29) is 22.6 Å². The highest BCUT2D eigenvalue weighted by Gasteiger charge is 2.15. The van der Waals surface area contributed by atoms with Crippen LogP contribution in [0.2, 0.25) is 5.02 Å². The van der Waals surface area contributed by atoms with Gasteiger partial charge in [-0.2, -0.15) is 0 Å². The van der Waals surface area contributed by atoms with Crippen LogP contribution in [-0.2, 0) is 6.42 Å². The Labute approximate surface area is 124 Å². The Morgan fingerprint density at radius 1 is 1.05 bits per heavy atom. The summed E-state index contributed by atoms with van der Waals surface area (Å²) in [6.07, 6.45) is 0.517. The van der Waals surface area contributed by atoms with Gasteiger partial charge in [0.15, 0.2) is 0 Å². The summed E-state index contributed by atoms with van der Waals surface area (Å²) in [6, 6.07) is 11.3. The minimum atomic E-state index is -0.378. The maximum atomic E-state index is 13.9. The number of alkyl halides is 1. The molecule has 0 aliphatic rings. The Morgan fingerprint density at radius 2 is 1.74 bits per heavy atom. The summed E-state index contributed by atoms with van der Waals surface area (Å²) >= 11 is 9.19. The molecule has 0 aliphatic carbocycles. The zero-order valence-electron chi connectivity index (χ0n) is 10.0. The fourth-order valence-corrected chi connectivity index (χ4v) is 2.76. The van der Waals surface area contributed by atoms with Gasteiger partial charge in [-0.25, -0.2) is 8.78 Å². The van der Waals surface area contributed by atoms with Gasteiger partial charge in [0.25, 0.3) is 0 Å². The molecule has 0 aliphatic heterocycles. The fraction of sp³-hybridized carbons (Fsp3) is 0.200. The zero-order chi connectivity index (χ0) is 13.8. The van der Waals surface area contributed by atoms with E-state index < -0.39 is 0 Å². The van der Waals surface area contributed by atoms with Crippen molar-refractivity contribution in [3.05, 3.63) is 70.2 Å². The molecule has 0 saturated carbocycles. The molecule has 0 bridgehead atoms. The Morgan fingerprint density at radius 3 is 2.37 bits per heavy atom. The fourth-order valence-electron chi connectivity index (χ4n) is 1.97. The topological polar surface area (TPSA) is 0 Å². The van der Waals surface area contributed by atoms with E-state index in [4.69, 9.17) is 11.6 Å². The standard InChI is InChI=1S/C15H12BrClF2/c16-9-12(10-4-6-13(18)7-5-10)8-11-2-1-3-14(17)15(11)19/h1-7,12H,8-9H2. The summed E-state index contributed by atoms with van der Waals surface area (Å²) in [5.41, 5.74) is 1.54. The van der Waals surface area contributed by atoms with Crippen LogP contribution in [0, 0.1) is 11.6 Å². The van der Waals surface area contributed by atoms with Crippen LogP contribution in [0.3, 0.4) is 0 Å². The highest BCUT2D eigenvalue weighted by molar-refractivity contribution is 9.09. The lowest BCUT2D eigenvalue weighted by Crippen LogP contribution is -2.06. The second-order valence-electron chi connectivity index (χ2n) is 4.32. The quantitative estimate of drug-likeness (QED) is 0.656. The first-order chi connectivity index (χ1) is 9.11. The van der Waals surface area contributed by atoms with Crippen molar-refractivity contribution in [2.45, 2.75) is 12.3 Å². The Bertz CT molecular complexity index is 555. The average molecular weight is 346 g/mol. The monoisotopic (exact) mass is 344 g/mol. The minimum absolute atomic E-state index is 0.0774. The van der Waals surface area contributed by atoms with Crippen LogP contribution in [0.15, 0.2) is 42.5 Å². The van der Waals surface area contributed by atoms with Crippen molar-refractivity contribution in [3.63, 3.8) is 0 Å². The summed E-state index contributed by atoms with van der Waals surface area (Å²) in [6.45, 7) is 0. The van der Waals surface area contributed by atoms with Gasteiger partial charge in [-0.1, -0.05) is 51.8 Å². The number of benzene rings is 2. The van der Waals surface area contributed by atoms with Crippen molar-refractivity contribution in [3.8, 4) is 0 Å². The summed E-state index contributed by atoms with van der Waals surface area (Å²) in [5.74, 6) is -0.572. The Balaban J connectivity index is 2.24. The van der Waals surface area contributed by atoms with E-state index >= 15 is 0 Å². The van der Waals surface area contributed by atoms with E-state index in [9.17, 15) is 8.78 Å². The third-order valence-corrected chi connectivity index (χ3v) is 4.10. The number of hydrogen-bond acceptors (Lipinski definition) is 0. The van der Waals surface area contributed by atoms with Crippen LogP contribution in [0.5, 0.6) is 0 Å². The van der Waals surface area contributed by atoms with Gasteiger partial charge in [0, 0.05) is 5.33 Å². The van der Waals surface area contributed by atoms with E-state index in [1.807, 2.05) is 0 Å². The first kappa shape index (κ1) is 14.5. The summed E-state index contributed by atoms with van der Waals surface area (Å²) < 4.78 is 26.8. The third-order valence-electron chi connectivity index (χ3n) is 3.03. The summed E-state index contributed by atoms with van der Waals surface area (Å²) in [7, 11) is 0. The highest BCUT2D eigenvalue weighted by atomic mass is 79.9. The molecule has 4 heteroatoms. The van der Waals surface area contributed by atoms with Crippen molar-refractivity contribution in [2.24, 2.45) is 0 Å². The Hall–Kier alpha value is -0.930.